The number of fused-ring (bicyclic) bond motifs is 1. The van der Waals surface area contributed by atoms with Crippen LogP contribution < -0.4 is 5.73 Å². The first-order valence-corrected chi connectivity index (χ1v) is 5.56. The Morgan fingerprint density at radius 2 is 2.00 bits per heavy atom. The quantitative estimate of drug-likeness (QED) is 0.719. The maximum atomic E-state index is 11.0. The van der Waals surface area contributed by atoms with E-state index in [0.717, 1.165) is 18.4 Å². The molecule has 0 bridgehead atoms. The van der Waals surface area contributed by atoms with E-state index in [9.17, 15) is 4.79 Å². The molecular formula is C14H17NO. The summed E-state index contributed by atoms with van der Waals surface area (Å²) in [6, 6.07) is 8.25. The van der Waals surface area contributed by atoms with Crippen LogP contribution in [0.5, 0.6) is 0 Å². The minimum atomic E-state index is -0.359. The van der Waals surface area contributed by atoms with E-state index in [1.807, 2.05) is 12.1 Å². The fourth-order valence-electron chi connectivity index (χ4n) is 2.48. The Balaban J connectivity index is 2.52. The van der Waals surface area contributed by atoms with Gasteiger partial charge in [0.1, 0.15) is 0 Å². The number of allylic oxidation sites excluding steroid dienone is 1. The molecule has 0 saturated heterocycles. The van der Waals surface area contributed by atoms with Crippen LogP contribution in [0.2, 0.25) is 0 Å². The molecule has 0 radical (unpaired) electrons. The van der Waals surface area contributed by atoms with E-state index in [1.54, 1.807) is 6.08 Å². The van der Waals surface area contributed by atoms with E-state index in [4.69, 9.17) is 5.73 Å². The number of primary amides is 1. The number of hydrogen-bond acceptors (Lipinski definition) is 1. The minimum absolute atomic E-state index is 0.204. The van der Waals surface area contributed by atoms with Crippen LogP contribution in [-0.4, -0.2) is 5.91 Å². The van der Waals surface area contributed by atoms with E-state index in [1.165, 1.54) is 11.1 Å². The highest BCUT2D eigenvalue weighted by molar-refractivity contribution is 5.94. The maximum absolute atomic E-state index is 11.0. The molecule has 0 heterocycles. The van der Waals surface area contributed by atoms with Gasteiger partial charge in [-0.25, -0.2) is 0 Å². The van der Waals surface area contributed by atoms with E-state index in [-0.39, 0.29) is 11.3 Å². The highest BCUT2D eigenvalue weighted by Crippen LogP contribution is 2.41. The summed E-state index contributed by atoms with van der Waals surface area (Å²) in [4.78, 5) is 11.0. The van der Waals surface area contributed by atoms with Crippen LogP contribution >= 0.6 is 0 Å². The van der Waals surface area contributed by atoms with Crippen molar-refractivity contribution < 1.29 is 4.79 Å². The number of amides is 1. The second-order valence-corrected chi connectivity index (χ2v) is 5.25. The molecule has 1 aliphatic carbocycles. The van der Waals surface area contributed by atoms with Crippen LogP contribution in [0.25, 0.3) is 5.57 Å². The summed E-state index contributed by atoms with van der Waals surface area (Å²) in [7, 11) is 0. The predicted molar refractivity (Wildman–Crippen MR) is 65.7 cm³/mol. The third-order valence-electron chi connectivity index (χ3n) is 3.02. The fraction of sp³-hybridized carbons (Fsp3) is 0.357. The molecule has 0 saturated carbocycles. The first-order chi connectivity index (χ1) is 7.48. The molecule has 84 valence electrons. The maximum Gasteiger partial charge on any atom is 0.241 e. The minimum Gasteiger partial charge on any atom is -0.366 e. The zero-order valence-corrected chi connectivity index (χ0v) is 9.79. The molecule has 0 unspecified atom stereocenters. The molecule has 1 aromatic rings. The SMILES string of the molecule is CC1(C)CC(=CC(N)=O)c2ccccc2C1. The van der Waals surface area contributed by atoms with Crippen LogP contribution in [0.3, 0.4) is 0 Å². The van der Waals surface area contributed by atoms with Gasteiger partial charge in [-0.1, -0.05) is 38.1 Å². The number of carbonyl (C=O) groups excluding carboxylic acids is 1. The average Bonchev–Trinajstić information content (AvgIpc) is 2.14. The largest absolute Gasteiger partial charge is 0.366 e. The molecule has 1 aromatic carbocycles. The van der Waals surface area contributed by atoms with E-state index in [2.05, 4.69) is 26.0 Å². The molecule has 2 nitrogen and oxygen atoms in total. The topological polar surface area (TPSA) is 43.1 Å². The zero-order valence-electron chi connectivity index (χ0n) is 9.79. The Hall–Kier alpha value is -1.57. The molecule has 1 aliphatic rings. The number of rotatable bonds is 1. The van der Waals surface area contributed by atoms with Gasteiger partial charge in [-0.15, -0.1) is 0 Å². The lowest BCUT2D eigenvalue weighted by atomic mass is 9.72. The first-order valence-electron chi connectivity index (χ1n) is 5.56. The summed E-state index contributed by atoms with van der Waals surface area (Å²) in [5.74, 6) is -0.359. The molecule has 16 heavy (non-hydrogen) atoms. The van der Waals surface area contributed by atoms with E-state index in [0.29, 0.717) is 0 Å². The van der Waals surface area contributed by atoms with Crippen molar-refractivity contribution in [3.05, 3.63) is 41.5 Å². The third-order valence-corrected chi connectivity index (χ3v) is 3.02. The van der Waals surface area contributed by atoms with Gasteiger partial charge >= 0.3 is 0 Å². The molecular weight excluding hydrogens is 198 g/mol. The van der Waals surface area contributed by atoms with Gasteiger partial charge in [0.15, 0.2) is 0 Å². The highest BCUT2D eigenvalue weighted by atomic mass is 16.1. The number of hydrogen-bond donors (Lipinski definition) is 1. The Morgan fingerprint density at radius 3 is 2.69 bits per heavy atom. The van der Waals surface area contributed by atoms with Crippen molar-refractivity contribution in [1.82, 2.24) is 0 Å². The Kier molecular flexibility index (Phi) is 2.58. The molecule has 0 aromatic heterocycles. The van der Waals surface area contributed by atoms with Crippen LogP contribution in [0.4, 0.5) is 0 Å². The highest BCUT2D eigenvalue weighted by Gasteiger charge is 2.28. The standard InChI is InChI=1S/C14H17NO/c1-14(2)8-10-5-3-4-6-12(10)11(9-14)7-13(15)16/h3-7H,8-9H2,1-2H3,(H2,15,16). The second kappa shape index (κ2) is 3.78. The van der Waals surface area contributed by atoms with E-state index >= 15 is 0 Å². The average molecular weight is 215 g/mol. The molecule has 1 amide bonds. The number of carbonyl (C=O) groups is 1. The number of nitrogens with two attached hydrogens (primary N) is 1. The van der Waals surface area contributed by atoms with Crippen LogP contribution in [0.1, 0.15) is 31.4 Å². The van der Waals surface area contributed by atoms with Crippen molar-refractivity contribution in [3.8, 4) is 0 Å². The lowest BCUT2D eigenvalue weighted by Gasteiger charge is -2.33. The Morgan fingerprint density at radius 1 is 1.31 bits per heavy atom. The van der Waals surface area contributed by atoms with Crippen molar-refractivity contribution in [2.75, 3.05) is 0 Å². The first kappa shape index (κ1) is 10.9. The van der Waals surface area contributed by atoms with Crippen molar-refractivity contribution >= 4 is 11.5 Å². The van der Waals surface area contributed by atoms with Gasteiger partial charge in [-0.05, 0) is 35.0 Å². The van der Waals surface area contributed by atoms with Crippen molar-refractivity contribution in [1.29, 1.82) is 0 Å². The van der Waals surface area contributed by atoms with Crippen molar-refractivity contribution in [2.24, 2.45) is 11.1 Å². The number of benzene rings is 1. The van der Waals surface area contributed by atoms with Gasteiger partial charge in [0.25, 0.3) is 0 Å². The summed E-state index contributed by atoms with van der Waals surface area (Å²) in [6.45, 7) is 4.44. The fourth-order valence-corrected chi connectivity index (χ4v) is 2.48. The normalized spacial score (nSPS) is 20.5. The Bertz CT molecular complexity index is 458. The van der Waals surface area contributed by atoms with Crippen molar-refractivity contribution in [3.63, 3.8) is 0 Å². The smallest absolute Gasteiger partial charge is 0.241 e. The molecule has 0 fully saturated rings. The molecule has 0 aliphatic heterocycles. The third kappa shape index (κ3) is 2.16. The predicted octanol–water partition coefficient (Wildman–Crippen LogP) is 2.53. The van der Waals surface area contributed by atoms with Gasteiger partial charge in [0.05, 0.1) is 0 Å². The second-order valence-electron chi connectivity index (χ2n) is 5.25. The summed E-state index contributed by atoms with van der Waals surface area (Å²) >= 11 is 0. The van der Waals surface area contributed by atoms with Crippen LogP contribution in [0, 0.1) is 5.41 Å². The Labute approximate surface area is 96.2 Å². The monoisotopic (exact) mass is 215 g/mol. The molecule has 2 rings (SSSR count). The van der Waals surface area contributed by atoms with Gasteiger partial charge in [0.2, 0.25) is 5.91 Å². The van der Waals surface area contributed by atoms with Gasteiger partial charge in [-0.3, -0.25) is 4.79 Å². The van der Waals surface area contributed by atoms with Gasteiger partial charge in [0, 0.05) is 6.08 Å². The van der Waals surface area contributed by atoms with Crippen LogP contribution in [-0.2, 0) is 11.2 Å². The lowest BCUT2D eigenvalue weighted by Crippen LogP contribution is -2.22. The molecule has 0 atom stereocenters. The summed E-state index contributed by atoms with van der Waals surface area (Å²) in [6.07, 6.45) is 3.53. The van der Waals surface area contributed by atoms with Crippen molar-refractivity contribution in [2.45, 2.75) is 26.7 Å². The molecule has 0 spiro atoms. The molecule has 2 N–H and O–H groups in total. The zero-order chi connectivity index (χ0) is 11.8. The molecule has 2 heteroatoms. The lowest BCUT2D eigenvalue weighted by molar-refractivity contribution is -0.113. The van der Waals surface area contributed by atoms with Gasteiger partial charge < -0.3 is 5.73 Å². The summed E-state index contributed by atoms with van der Waals surface area (Å²) < 4.78 is 0. The van der Waals surface area contributed by atoms with Crippen LogP contribution in [0.15, 0.2) is 30.3 Å². The van der Waals surface area contributed by atoms with Gasteiger partial charge in [-0.2, -0.15) is 0 Å². The summed E-state index contributed by atoms with van der Waals surface area (Å²) in [5, 5.41) is 0. The van der Waals surface area contributed by atoms with E-state index < -0.39 is 0 Å². The summed E-state index contributed by atoms with van der Waals surface area (Å²) in [5.41, 5.74) is 9.02.